The summed E-state index contributed by atoms with van der Waals surface area (Å²) in [6.45, 7) is 8.94. The number of urea groups is 1. The Morgan fingerprint density at radius 3 is 2.81 bits per heavy atom. The van der Waals surface area contributed by atoms with E-state index in [1.807, 2.05) is 0 Å². The van der Waals surface area contributed by atoms with Crippen LogP contribution in [0.1, 0.15) is 33.1 Å². The number of anilines is 1. The van der Waals surface area contributed by atoms with Gasteiger partial charge in [0.05, 0.1) is 0 Å². The van der Waals surface area contributed by atoms with E-state index in [4.69, 9.17) is 0 Å². The van der Waals surface area contributed by atoms with Crippen LogP contribution in [0.25, 0.3) is 0 Å². The minimum absolute atomic E-state index is 0.202. The van der Waals surface area contributed by atoms with Gasteiger partial charge >= 0.3 is 6.03 Å². The predicted octanol–water partition coefficient (Wildman–Crippen LogP) is 2.42. The third-order valence-electron chi connectivity index (χ3n) is 3.71. The number of carbonyl (C=O) groups excluding carboxylic acids is 1. The van der Waals surface area contributed by atoms with E-state index >= 15 is 0 Å². The van der Waals surface area contributed by atoms with Crippen LogP contribution >= 0.6 is 11.3 Å². The highest BCUT2D eigenvalue weighted by Crippen LogP contribution is 2.20. The van der Waals surface area contributed by atoms with E-state index in [1.54, 1.807) is 5.51 Å². The largest absolute Gasteiger partial charge is 0.338 e. The number of unbranched alkanes of at least 4 members (excludes halogenated alkanes) is 1. The summed E-state index contributed by atoms with van der Waals surface area (Å²) in [6, 6.07) is -0.202. The molecule has 1 aliphatic rings. The lowest BCUT2D eigenvalue weighted by Crippen LogP contribution is -2.39. The van der Waals surface area contributed by atoms with Gasteiger partial charge in [-0.05, 0) is 37.6 Å². The number of nitrogens with zero attached hydrogens (tertiary/aromatic N) is 3. The van der Waals surface area contributed by atoms with Gasteiger partial charge in [0, 0.05) is 19.6 Å². The zero-order valence-corrected chi connectivity index (χ0v) is 13.7. The molecular weight excluding hydrogens is 286 g/mol. The van der Waals surface area contributed by atoms with E-state index in [9.17, 15) is 4.79 Å². The molecule has 2 amide bonds. The molecule has 21 heavy (non-hydrogen) atoms. The molecule has 1 aliphatic heterocycles. The SMILES string of the molecule is C[C@@H]1C[C@H](C)CN(CCCCNC(=O)Nc2nncs2)C1. The highest BCUT2D eigenvalue weighted by atomic mass is 32.1. The van der Waals surface area contributed by atoms with Crippen LogP contribution in [0.4, 0.5) is 9.93 Å². The first-order chi connectivity index (χ1) is 10.1. The predicted molar refractivity (Wildman–Crippen MR) is 85.5 cm³/mol. The summed E-state index contributed by atoms with van der Waals surface area (Å²) in [7, 11) is 0. The van der Waals surface area contributed by atoms with Crippen LogP contribution in [0.15, 0.2) is 5.51 Å². The van der Waals surface area contributed by atoms with Crippen LogP contribution in [-0.4, -0.2) is 47.3 Å². The van der Waals surface area contributed by atoms with Crippen molar-refractivity contribution < 1.29 is 4.79 Å². The number of hydrogen-bond acceptors (Lipinski definition) is 5. The summed E-state index contributed by atoms with van der Waals surface area (Å²) in [5, 5.41) is 13.5. The lowest BCUT2D eigenvalue weighted by Gasteiger charge is -2.34. The van der Waals surface area contributed by atoms with Gasteiger partial charge in [-0.25, -0.2) is 4.79 Å². The molecule has 118 valence electrons. The first kappa shape index (κ1) is 16.2. The summed E-state index contributed by atoms with van der Waals surface area (Å²) in [6.07, 6.45) is 3.48. The fourth-order valence-electron chi connectivity index (χ4n) is 3.01. The first-order valence-corrected chi connectivity index (χ1v) is 8.55. The van der Waals surface area contributed by atoms with Crippen molar-refractivity contribution in [3.8, 4) is 0 Å². The number of likely N-dealkylation sites (tertiary alicyclic amines) is 1. The van der Waals surface area contributed by atoms with Gasteiger partial charge in [-0.1, -0.05) is 25.2 Å². The molecular formula is C14H25N5OS. The summed E-state index contributed by atoms with van der Waals surface area (Å²) in [4.78, 5) is 14.1. The normalized spacial score (nSPS) is 23.0. The topological polar surface area (TPSA) is 70.2 Å². The van der Waals surface area contributed by atoms with Crippen LogP contribution in [0.2, 0.25) is 0 Å². The van der Waals surface area contributed by atoms with Gasteiger partial charge in [0.1, 0.15) is 5.51 Å². The Kier molecular flexibility index (Phi) is 6.38. The van der Waals surface area contributed by atoms with Gasteiger partial charge in [0.15, 0.2) is 0 Å². The van der Waals surface area contributed by atoms with E-state index in [0.29, 0.717) is 11.7 Å². The van der Waals surface area contributed by atoms with Crippen molar-refractivity contribution in [2.24, 2.45) is 11.8 Å². The van der Waals surface area contributed by atoms with Crippen molar-refractivity contribution in [3.63, 3.8) is 0 Å². The summed E-state index contributed by atoms with van der Waals surface area (Å²) in [5.41, 5.74) is 1.59. The van der Waals surface area contributed by atoms with Crippen molar-refractivity contribution in [3.05, 3.63) is 5.51 Å². The van der Waals surface area contributed by atoms with Gasteiger partial charge in [0.25, 0.3) is 0 Å². The number of hydrogen-bond donors (Lipinski definition) is 2. The second kappa shape index (κ2) is 8.29. The standard InChI is InChI=1S/C14H25N5OS/c1-11-7-12(2)9-19(8-11)6-4-3-5-15-13(20)17-14-18-16-10-21-14/h10-12H,3-9H2,1-2H3,(H2,15,17,18,20)/t11-,12+. The molecule has 0 unspecified atom stereocenters. The Hall–Kier alpha value is -1.21. The minimum Gasteiger partial charge on any atom is -0.338 e. The molecule has 0 saturated carbocycles. The third-order valence-corrected chi connectivity index (χ3v) is 4.32. The molecule has 2 atom stereocenters. The fourth-order valence-corrected chi connectivity index (χ4v) is 3.45. The maximum Gasteiger partial charge on any atom is 0.321 e. The van der Waals surface area contributed by atoms with Gasteiger partial charge in [0.2, 0.25) is 5.13 Å². The molecule has 0 spiro atoms. The molecule has 6 nitrogen and oxygen atoms in total. The Morgan fingerprint density at radius 1 is 1.38 bits per heavy atom. The van der Waals surface area contributed by atoms with Crippen LogP contribution in [0, 0.1) is 11.8 Å². The van der Waals surface area contributed by atoms with E-state index in [1.165, 1.54) is 30.8 Å². The van der Waals surface area contributed by atoms with Crippen LogP contribution in [0.3, 0.4) is 0 Å². The summed E-state index contributed by atoms with van der Waals surface area (Å²) >= 11 is 1.31. The fraction of sp³-hybridized carbons (Fsp3) is 0.786. The molecule has 7 heteroatoms. The molecule has 0 aromatic carbocycles. The van der Waals surface area contributed by atoms with E-state index in [-0.39, 0.29) is 6.03 Å². The Bertz CT molecular complexity index is 415. The van der Waals surface area contributed by atoms with E-state index < -0.39 is 0 Å². The summed E-state index contributed by atoms with van der Waals surface area (Å²) in [5.74, 6) is 1.62. The van der Waals surface area contributed by atoms with Crippen molar-refractivity contribution in [1.29, 1.82) is 0 Å². The first-order valence-electron chi connectivity index (χ1n) is 7.67. The lowest BCUT2D eigenvalue weighted by molar-refractivity contribution is 0.139. The Balaban J connectivity index is 1.52. The zero-order chi connectivity index (χ0) is 15.1. The van der Waals surface area contributed by atoms with Gasteiger partial charge in [-0.3, -0.25) is 5.32 Å². The Labute approximate surface area is 130 Å². The number of piperidine rings is 1. The van der Waals surface area contributed by atoms with Crippen molar-refractivity contribution in [2.45, 2.75) is 33.1 Å². The molecule has 1 saturated heterocycles. The maximum absolute atomic E-state index is 11.6. The number of amides is 2. The number of carbonyl (C=O) groups is 1. The maximum atomic E-state index is 11.6. The zero-order valence-electron chi connectivity index (χ0n) is 12.8. The van der Waals surface area contributed by atoms with Crippen molar-refractivity contribution in [2.75, 3.05) is 31.5 Å². The van der Waals surface area contributed by atoms with Crippen molar-refractivity contribution in [1.82, 2.24) is 20.4 Å². The molecule has 2 rings (SSSR count). The van der Waals surface area contributed by atoms with Crippen LogP contribution in [0.5, 0.6) is 0 Å². The quantitative estimate of drug-likeness (QED) is 0.792. The average molecular weight is 311 g/mol. The molecule has 0 radical (unpaired) electrons. The minimum atomic E-state index is -0.202. The molecule has 0 aliphatic carbocycles. The van der Waals surface area contributed by atoms with Gasteiger partial charge < -0.3 is 10.2 Å². The lowest BCUT2D eigenvalue weighted by atomic mass is 9.92. The second-order valence-electron chi connectivity index (χ2n) is 6.04. The van der Waals surface area contributed by atoms with Gasteiger partial charge in [-0.2, -0.15) is 0 Å². The smallest absolute Gasteiger partial charge is 0.321 e. The summed E-state index contributed by atoms with van der Waals surface area (Å²) < 4.78 is 0. The van der Waals surface area contributed by atoms with Crippen LogP contribution in [-0.2, 0) is 0 Å². The van der Waals surface area contributed by atoms with Crippen LogP contribution < -0.4 is 10.6 Å². The van der Waals surface area contributed by atoms with Crippen molar-refractivity contribution >= 4 is 22.5 Å². The number of nitrogens with one attached hydrogen (secondary N) is 2. The third kappa shape index (κ3) is 5.97. The highest BCUT2D eigenvalue weighted by Gasteiger charge is 2.20. The molecule has 2 heterocycles. The molecule has 0 bridgehead atoms. The Morgan fingerprint density at radius 2 is 2.14 bits per heavy atom. The van der Waals surface area contributed by atoms with Gasteiger partial charge in [-0.15, -0.1) is 10.2 Å². The highest BCUT2D eigenvalue weighted by molar-refractivity contribution is 7.13. The number of aromatic nitrogens is 2. The molecule has 1 aromatic heterocycles. The number of rotatable bonds is 6. The molecule has 1 aromatic rings. The monoisotopic (exact) mass is 311 g/mol. The average Bonchev–Trinajstić information content (AvgIpc) is 2.90. The molecule has 1 fully saturated rings. The van der Waals surface area contributed by atoms with E-state index in [2.05, 4.69) is 39.6 Å². The van der Waals surface area contributed by atoms with E-state index in [0.717, 1.165) is 31.2 Å². The molecule has 2 N–H and O–H groups in total. The second-order valence-corrected chi connectivity index (χ2v) is 6.87.